The predicted molar refractivity (Wildman–Crippen MR) is 102 cm³/mol. The molecule has 1 unspecified atom stereocenters. The van der Waals surface area contributed by atoms with Crippen LogP contribution in [0, 0.1) is 0 Å². The average Bonchev–Trinajstić information content (AvgIpc) is 2.59. The summed E-state index contributed by atoms with van der Waals surface area (Å²) in [6, 6.07) is 10.7. The first-order valence-electron chi connectivity index (χ1n) is 9.35. The van der Waals surface area contributed by atoms with Gasteiger partial charge in [0.2, 0.25) is 5.91 Å². The summed E-state index contributed by atoms with van der Waals surface area (Å²) in [5.41, 5.74) is 0.720. The zero-order chi connectivity index (χ0) is 19.0. The Balaban J connectivity index is 1.75. The molecule has 26 heavy (non-hydrogen) atoms. The summed E-state index contributed by atoms with van der Waals surface area (Å²) < 4.78 is 5.13. The second-order valence-electron chi connectivity index (χ2n) is 7.77. The Labute approximate surface area is 156 Å². The largest absolute Gasteiger partial charge is 0.444 e. The van der Waals surface area contributed by atoms with Gasteiger partial charge in [-0.2, -0.15) is 0 Å². The minimum absolute atomic E-state index is 0.0691. The Kier molecular flexibility index (Phi) is 7.45. The molecule has 144 valence electrons. The molecule has 1 heterocycles. The molecular weight excluding hydrogens is 330 g/mol. The quantitative estimate of drug-likeness (QED) is 0.817. The third-order valence-corrected chi connectivity index (χ3v) is 4.30. The van der Waals surface area contributed by atoms with Crippen LogP contribution in [0.1, 0.15) is 45.6 Å². The van der Waals surface area contributed by atoms with E-state index >= 15 is 0 Å². The predicted octanol–water partition coefficient (Wildman–Crippen LogP) is 2.68. The van der Waals surface area contributed by atoms with Gasteiger partial charge in [-0.3, -0.25) is 9.69 Å². The highest BCUT2D eigenvalue weighted by Crippen LogP contribution is 2.19. The zero-order valence-electron chi connectivity index (χ0n) is 16.1. The number of likely N-dealkylation sites (tertiary alicyclic amines) is 1. The van der Waals surface area contributed by atoms with E-state index in [1.165, 1.54) is 18.4 Å². The first kappa shape index (κ1) is 20.2. The first-order chi connectivity index (χ1) is 12.3. The molecule has 0 saturated carbocycles. The fourth-order valence-corrected chi connectivity index (χ4v) is 3.08. The van der Waals surface area contributed by atoms with Crippen molar-refractivity contribution in [1.82, 2.24) is 15.5 Å². The molecule has 2 rings (SSSR count). The molecule has 1 atom stereocenters. The maximum atomic E-state index is 12.0. The van der Waals surface area contributed by atoms with Crippen molar-refractivity contribution in [1.29, 1.82) is 0 Å². The van der Waals surface area contributed by atoms with Crippen molar-refractivity contribution in [3.8, 4) is 0 Å². The van der Waals surface area contributed by atoms with E-state index in [1.807, 2.05) is 6.07 Å². The lowest BCUT2D eigenvalue weighted by molar-refractivity contribution is -0.120. The molecule has 0 spiro atoms. The van der Waals surface area contributed by atoms with Crippen LogP contribution in [0.3, 0.4) is 0 Å². The maximum Gasteiger partial charge on any atom is 0.408 e. The summed E-state index contributed by atoms with van der Waals surface area (Å²) in [6.07, 6.45) is 2.88. The number of nitrogens with one attached hydrogen (secondary N) is 2. The monoisotopic (exact) mass is 361 g/mol. The number of ether oxygens (including phenoxy) is 1. The van der Waals surface area contributed by atoms with Gasteiger partial charge in [-0.05, 0) is 45.7 Å². The summed E-state index contributed by atoms with van der Waals surface area (Å²) in [7, 11) is 0. The Hall–Kier alpha value is -2.08. The van der Waals surface area contributed by atoms with Crippen LogP contribution in [0.15, 0.2) is 30.3 Å². The molecule has 1 fully saturated rings. The number of hydrogen-bond donors (Lipinski definition) is 2. The molecule has 1 aromatic carbocycles. The second kappa shape index (κ2) is 9.57. The number of benzene rings is 1. The zero-order valence-corrected chi connectivity index (χ0v) is 16.1. The van der Waals surface area contributed by atoms with E-state index in [-0.39, 0.29) is 12.5 Å². The van der Waals surface area contributed by atoms with Crippen LogP contribution in [0.5, 0.6) is 0 Å². The standard InChI is InChI=1S/C20H31N3O3/c1-20(2,3)26-19(25)22-14-18(24)21-13-17-11-7-8-12-23(17)15-16-9-5-4-6-10-16/h4-6,9-10,17H,7-8,11-15H2,1-3H3,(H,21,24)(H,22,25). The topological polar surface area (TPSA) is 70.7 Å². The van der Waals surface area contributed by atoms with Crippen LogP contribution >= 0.6 is 0 Å². The van der Waals surface area contributed by atoms with Crippen molar-refractivity contribution >= 4 is 12.0 Å². The molecule has 2 amide bonds. The summed E-state index contributed by atoms with van der Waals surface area (Å²) in [4.78, 5) is 26.1. The van der Waals surface area contributed by atoms with Crippen LogP contribution in [-0.2, 0) is 16.1 Å². The second-order valence-corrected chi connectivity index (χ2v) is 7.77. The molecule has 1 aliphatic rings. The van der Waals surface area contributed by atoms with Crippen molar-refractivity contribution < 1.29 is 14.3 Å². The number of amides is 2. The SMILES string of the molecule is CC(C)(C)OC(=O)NCC(=O)NCC1CCCCN1Cc1ccccc1. The summed E-state index contributed by atoms with van der Waals surface area (Å²) in [5, 5.41) is 5.43. The first-order valence-corrected chi connectivity index (χ1v) is 9.35. The molecular formula is C20H31N3O3. The normalized spacial score (nSPS) is 18.2. The number of piperidine rings is 1. The lowest BCUT2D eigenvalue weighted by atomic mass is 10.0. The molecule has 1 aliphatic heterocycles. The van der Waals surface area contributed by atoms with Gasteiger partial charge in [-0.25, -0.2) is 4.79 Å². The minimum atomic E-state index is -0.573. The van der Waals surface area contributed by atoms with Crippen molar-refractivity contribution in [2.75, 3.05) is 19.6 Å². The Morgan fingerprint density at radius 1 is 1.15 bits per heavy atom. The van der Waals surface area contributed by atoms with E-state index in [0.29, 0.717) is 12.6 Å². The number of carbonyl (C=O) groups excluding carboxylic acids is 2. The average molecular weight is 361 g/mol. The van der Waals surface area contributed by atoms with Crippen molar-refractivity contribution in [2.45, 2.75) is 58.2 Å². The Morgan fingerprint density at radius 2 is 1.88 bits per heavy atom. The molecule has 6 nitrogen and oxygen atoms in total. The number of alkyl carbamates (subject to hydrolysis) is 1. The van der Waals surface area contributed by atoms with E-state index in [4.69, 9.17) is 4.74 Å². The van der Waals surface area contributed by atoms with E-state index in [1.54, 1.807) is 20.8 Å². The minimum Gasteiger partial charge on any atom is -0.444 e. The summed E-state index contributed by atoms with van der Waals surface area (Å²) >= 11 is 0. The van der Waals surface area contributed by atoms with Crippen LogP contribution in [-0.4, -0.2) is 48.2 Å². The van der Waals surface area contributed by atoms with Crippen molar-refractivity contribution in [3.63, 3.8) is 0 Å². The Bertz CT molecular complexity index is 584. The Morgan fingerprint density at radius 3 is 2.58 bits per heavy atom. The molecule has 0 radical (unpaired) electrons. The highest BCUT2D eigenvalue weighted by Gasteiger charge is 2.23. The van der Waals surface area contributed by atoms with Gasteiger partial charge in [-0.1, -0.05) is 36.8 Å². The number of rotatable bonds is 6. The number of carbonyl (C=O) groups is 2. The van der Waals surface area contributed by atoms with E-state index in [0.717, 1.165) is 19.5 Å². The van der Waals surface area contributed by atoms with Gasteiger partial charge >= 0.3 is 6.09 Å². The molecule has 0 bridgehead atoms. The summed E-state index contributed by atoms with van der Waals surface area (Å²) in [5.74, 6) is -0.193. The number of nitrogens with zero attached hydrogens (tertiary/aromatic N) is 1. The third-order valence-electron chi connectivity index (χ3n) is 4.30. The van der Waals surface area contributed by atoms with Crippen molar-refractivity contribution in [2.24, 2.45) is 0 Å². The maximum absolute atomic E-state index is 12.0. The smallest absolute Gasteiger partial charge is 0.408 e. The van der Waals surface area contributed by atoms with Gasteiger partial charge in [0.15, 0.2) is 0 Å². The molecule has 0 aromatic heterocycles. The van der Waals surface area contributed by atoms with Crippen molar-refractivity contribution in [3.05, 3.63) is 35.9 Å². The molecule has 0 aliphatic carbocycles. The van der Waals surface area contributed by atoms with Crippen LogP contribution < -0.4 is 10.6 Å². The van der Waals surface area contributed by atoms with Gasteiger partial charge in [0, 0.05) is 19.1 Å². The van der Waals surface area contributed by atoms with Gasteiger partial charge in [0.25, 0.3) is 0 Å². The number of hydrogen-bond acceptors (Lipinski definition) is 4. The fraction of sp³-hybridized carbons (Fsp3) is 0.600. The van der Waals surface area contributed by atoms with Gasteiger partial charge in [0.05, 0.1) is 6.54 Å². The van der Waals surface area contributed by atoms with Gasteiger partial charge < -0.3 is 15.4 Å². The van der Waals surface area contributed by atoms with Crippen LogP contribution in [0.2, 0.25) is 0 Å². The van der Waals surface area contributed by atoms with Gasteiger partial charge in [0.1, 0.15) is 5.60 Å². The lowest BCUT2D eigenvalue weighted by Crippen LogP contribution is -2.48. The van der Waals surface area contributed by atoms with E-state index in [9.17, 15) is 9.59 Å². The highest BCUT2D eigenvalue weighted by molar-refractivity contribution is 5.82. The van der Waals surface area contributed by atoms with E-state index in [2.05, 4.69) is 39.8 Å². The molecule has 1 saturated heterocycles. The van der Waals surface area contributed by atoms with Crippen LogP contribution in [0.25, 0.3) is 0 Å². The molecule has 1 aromatic rings. The molecule has 6 heteroatoms. The molecule has 2 N–H and O–H groups in total. The lowest BCUT2D eigenvalue weighted by Gasteiger charge is -2.36. The van der Waals surface area contributed by atoms with Crippen LogP contribution in [0.4, 0.5) is 4.79 Å². The third kappa shape index (κ3) is 7.44. The fourth-order valence-electron chi connectivity index (χ4n) is 3.08. The summed E-state index contributed by atoms with van der Waals surface area (Å²) in [6.45, 7) is 7.84. The highest BCUT2D eigenvalue weighted by atomic mass is 16.6. The van der Waals surface area contributed by atoms with Gasteiger partial charge in [-0.15, -0.1) is 0 Å². The van der Waals surface area contributed by atoms with E-state index < -0.39 is 11.7 Å².